The Morgan fingerprint density at radius 2 is 2.07 bits per heavy atom. The Hall–Kier alpha value is -0.930. The van der Waals surface area contributed by atoms with E-state index in [1.54, 1.807) is 0 Å². The van der Waals surface area contributed by atoms with E-state index in [1.807, 2.05) is 35.2 Å². The van der Waals surface area contributed by atoms with Gasteiger partial charge in [0, 0.05) is 13.1 Å². The molecule has 1 heterocycles. The lowest BCUT2D eigenvalue weighted by Gasteiger charge is -2.23. The van der Waals surface area contributed by atoms with Crippen LogP contribution in [0.5, 0.6) is 0 Å². The summed E-state index contributed by atoms with van der Waals surface area (Å²) in [7, 11) is 0. The minimum Gasteiger partial charge on any atom is -0.395 e. The second-order valence-corrected chi connectivity index (χ2v) is 4.01. The highest BCUT2D eigenvalue weighted by molar-refractivity contribution is 5.15. The molecule has 1 N–H and O–H groups in total. The van der Waals surface area contributed by atoms with Gasteiger partial charge in [-0.15, -0.1) is 0 Å². The van der Waals surface area contributed by atoms with E-state index in [2.05, 4.69) is 0 Å². The van der Waals surface area contributed by atoms with Crippen molar-refractivity contribution in [2.75, 3.05) is 13.2 Å². The quantitative estimate of drug-likeness (QED) is 0.817. The van der Waals surface area contributed by atoms with E-state index in [4.69, 9.17) is 5.11 Å². The van der Waals surface area contributed by atoms with Crippen molar-refractivity contribution in [1.29, 1.82) is 0 Å². The van der Waals surface area contributed by atoms with Crippen LogP contribution in [0, 0.1) is 0 Å². The average molecular weight is 209 g/mol. The van der Waals surface area contributed by atoms with Gasteiger partial charge in [-0.2, -0.15) is 0 Å². The second kappa shape index (κ2) is 4.73. The SMILES string of the molecule is OC[C@H]1C(F)CCN1Cc1ccccc1. The lowest BCUT2D eigenvalue weighted by molar-refractivity contribution is 0.113. The molecule has 0 aromatic heterocycles. The number of benzene rings is 1. The molecular weight excluding hydrogens is 193 g/mol. The standard InChI is InChI=1S/C12H16FNO/c13-11-6-7-14(12(11)9-15)8-10-4-2-1-3-5-10/h1-5,11-12,15H,6-9H2/t11?,12-/m0/s1. The highest BCUT2D eigenvalue weighted by Crippen LogP contribution is 2.22. The summed E-state index contributed by atoms with van der Waals surface area (Å²) in [6.07, 6.45) is -0.336. The number of hydrogen-bond donors (Lipinski definition) is 1. The van der Waals surface area contributed by atoms with Crippen LogP contribution >= 0.6 is 0 Å². The molecule has 1 saturated heterocycles. The van der Waals surface area contributed by atoms with Gasteiger partial charge in [0.1, 0.15) is 6.17 Å². The van der Waals surface area contributed by atoms with Crippen LogP contribution in [0.15, 0.2) is 30.3 Å². The Balaban J connectivity index is 2.00. The minimum atomic E-state index is -0.876. The number of halogens is 1. The van der Waals surface area contributed by atoms with Crippen LogP contribution in [0.25, 0.3) is 0 Å². The molecule has 1 aliphatic rings. The molecule has 15 heavy (non-hydrogen) atoms. The van der Waals surface area contributed by atoms with Gasteiger partial charge < -0.3 is 5.11 Å². The molecule has 82 valence electrons. The first-order valence-electron chi connectivity index (χ1n) is 5.34. The average Bonchev–Trinajstić information content (AvgIpc) is 2.61. The first-order valence-corrected chi connectivity index (χ1v) is 5.34. The van der Waals surface area contributed by atoms with Crippen molar-refractivity contribution in [3.63, 3.8) is 0 Å². The summed E-state index contributed by atoms with van der Waals surface area (Å²) in [6.45, 7) is 1.38. The van der Waals surface area contributed by atoms with Crippen molar-refractivity contribution in [2.24, 2.45) is 0 Å². The lowest BCUT2D eigenvalue weighted by atomic mass is 10.2. The Bertz CT molecular complexity index is 304. The molecule has 1 aromatic carbocycles. The van der Waals surface area contributed by atoms with Crippen LogP contribution in [0.1, 0.15) is 12.0 Å². The third kappa shape index (κ3) is 2.36. The summed E-state index contributed by atoms with van der Waals surface area (Å²) in [5.41, 5.74) is 1.17. The van der Waals surface area contributed by atoms with Crippen LogP contribution in [0.2, 0.25) is 0 Å². The number of alkyl halides is 1. The number of hydrogen-bond acceptors (Lipinski definition) is 2. The number of nitrogens with zero attached hydrogens (tertiary/aromatic N) is 1. The predicted octanol–water partition coefficient (Wildman–Crippen LogP) is 1.59. The first kappa shape index (κ1) is 10.6. The van der Waals surface area contributed by atoms with Crippen LogP contribution < -0.4 is 0 Å². The Labute approximate surface area is 89.3 Å². The lowest BCUT2D eigenvalue weighted by Crippen LogP contribution is -2.36. The van der Waals surface area contributed by atoms with E-state index >= 15 is 0 Å². The van der Waals surface area contributed by atoms with Gasteiger partial charge in [-0.05, 0) is 12.0 Å². The molecule has 0 amide bonds. The van der Waals surface area contributed by atoms with Crippen molar-refractivity contribution in [1.82, 2.24) is 4.90 Å². The smallest absolute Gasteiger partial charge is 0.119 e. The van der Waals surface area contributed by atoms with Crippen molar-refractivity contribution < 1.29 is 9.50 Å². The molecule has 2 rings (SSSR count). The van der Waals surface area contributed by atoms with Crippen molar-refractivity contribution in [3.8, 4) is 0 Å². The van der Waals surface area contributed by atoms with E-state index in [9.17, 15) is 4.39 Å². The molecule has 0 radical (unpaired) electrons. The van der Waals surface area contributed by atoms with Gasteiger partial charge in [-0.3, -0.25) is 4.90 Å². The summed E-state index contributed by atoms with van der Waals surface area (Å²) >= 11 is 0. The zero-order chi connectivity index (χ0) is 10.7. The Morgan fingerprint density at radius 1 is 1.33 bits per heavy atom. The molecule has 2 atom stereocenters. The van der Waals surface area contributed by atoms with Gasteiger partial charge in [0.15, 0.2) is 0 Å². The maximum Gasteiger partial charge on any atom is 0.119 e. The number of likely N-dealkylation sites (tertiary alicyclic amines) is 1. The largest absolute Gasteiger partial charge is 0.395 e. The van der Waals surface area contributed by atoms with Crippen molar-refractivity contribution in [3.05, 3.63) is 35.9 Å². The van der Waals surface area contributed by atoms with E-state index in [1.165, 1.54) is 5.56 Å². The summed E-state index contributed by atoms with van der Waals surface area (Å²) in [4.78, 5) is 2.01. The molecule has 1 fully saturated rings. The van der Waals surface area contributed by atoms with Crippen LogP contribution in [0.4, 0.5) is 4.39 Å². The molecule has 0 bridgehead atoms. The molecule has 1 aliphatic heterocycles. The third-order valence-electron chi connectivity index (χ3n) is 2.99. The summed E-state index contributed by atoms with van der Waals surface area (Å²) < 4.78 is 13.3. The summed E-state index contributed by atoms with van der Waals surface area (Å²) in [5.74, 6) is 0. The van der Waals surface area contributed by atoms with Crippen LogP contribution in [0.3, 0.4) is 0 Å². The van der Waals surface area contributed by atoms with E-state index in [-0.39, 0.29) is 12.6 Å². The fraction of sp³-hybridized carbons (Fsp3) is 0.500. The zero-order valence-corrected chi connectivity index (χ0v) is 8.64. The number of rotatable bonds is 3. The fourth-order valence-corrected chi connectivity index (χ4v) is 2.12. The Morgan fingerprint density at radius 3 is 2.73 bits per heavy atom. The monoisotopic (exact) mass is 209 g/mol. The van der Waals surface area contributed by atoms with Gasteiger partial charge in [0.05, 0.1) is 12.6 Å². The van der Waals surface area contributed by atoms with E-state index in [0.717, 1.165) is 13.1 Å². The van der Waals surface area contributed by atoms with E-state index in [0.29, 0.717) is 6.42 Å². The van der Waals surface area contributed by atoms with Gasteiger partial charge in [0.25, 0.3) is 0 Å². The summed E-state index contributed by atoms with van der Waals surface area (Å²) in [5, 5.41) is 9.10. The first-order chi connectivity index (χ1) is 7.31. The van der Waals surface area contributed by atoms with Crippen LogP contribution in [-0.2, 0) is 6.54 Å². The molecule has 0 saturated carbocycles. The van der Waals surface area contributed by atoms with Gasteiger partial charge in [-0.1, -0.05) is 30.3 Å². The topological polar surface area (TPSA) is 23.5 Å². The number of aliphatic hydroxyl groups is 1. The molecule has 1 aromatic rings. The van der Waals surface area contributed by atoms with E-state index < -0.39 is 6.17 Å². The van der Waals surface area contributed by atoms with Crippen molar-refractivity contribution in [2.45, 2.75) is 25.2 Å². The summed E-state index contributed by atoms with van der Waals surface area (Å²) in [6, 6.07) is 9.67. The fourth-order valence-electron chi connectivity index (χ4n) is 2.12. The van der Waals surface area contributed by atoms with Gasteiger partial charge in [0.2, 0.25) is 0 Å². The normalized spacial score (nSPS) is 27.1. The van der Waals surface area contributed by atoms with Crippen LogP contribution in [-0.4, -0.2) is 35.4 Å². The maximum atomic E-state index is 13.3. The van der Waals surface area contributed by atoms with Gasteiger partial charge in [-0.25, -0.2) is 4.39 Å². The number of aliphatic hydroxyl groups excluding tert-OH is 1. The molecule has 3 heteroatoms. The zero-order valence-electron chi connectivity index (χ0n) is 8.64. The Kier molecular flexibility index (Phi) is 3.34. The maximum absolute atomic E-state index is 13.3. The minimum absolute atomic E-state index is 0.0893. The predicted molar refractivity (Wildman–Crippen MR) is 57.2 cm³/mol. The highest BCUT2D eigenvalue weighted by atomic mass is 19.1. The molecule has 0 aliphatic carbocycles. The van der Waals surface area contributed by atoms with Gasteiger partial charge >= 0.3 is 0 Å². The molecule has 1 unspecified atom stereocenters. The third-order valence-corrected chi connectivity index (χ3v) is 2.99. The molecular formula is C12H16FNO. The molecule has 2 nitrogen and oxygen atoms in total. The second-order valence-electron chi connectivity index (χ2n) is 4.01. The van der Waals surface area contributed by atoms with Crippen molar-refractivity contribution >= 4 is 0 Å². The highest BCUT2D eigenvalue weighted by Gasteiger charge is 2.33. The molecule has 0 spiro atoms.